The molecule has 0 unspecified atom stereocenters. The number of aliphatic hydroxyl groups is 1. The van der Waals surface area contributed by atoms with E-state index in [9.17, 15) is 5.11 Å². The van der Waals surface area contributed by atoms with E-state index >= 15 is 0 Å². The first-order valence-electron chi connectivity index (χ1n) is 15.1. The van der Waals surface area contributed by atoms with Crippen molar-refractivity contribution in [1.82, 2.24) is 0 Å². The van der Waals surface area contributed by atoms with Gasteiger partial charge in [-0.25, -0.2) is 0 Å². The Bertz CT molecular complexity index is 2150. The second-order valence-electron chi connectivity index (χ2n) is 12.6. The summed E-state index contributed by atoms with van der Waals surface area (Å²) in [6.07, 6.45) is 0. The van der Waals surface area contributed by atoms with Gasteiger partial charge in [0.15, 0.2) is 0 Å². The van der Waals surface area contributed by atoms with Crippen molar-refractivity contribution in [3.63, 3.8) is 0 Å². The van der Waals surface area contributed by atoms with Gasteiger partial charge in [-0.15, -0.1) is 0 Å². The summed E-state index contributed by atoms with van der Waals surface area (Å²) in [7, 11) is 8.22. The van der Waals surface area contributed by atoms with E-state index in [4.69, 9.17) is 12.5 Å². The third-order valence-corrected chi connectivity index (χ3v) is 9.34. The maximum Gasteiger partial charge on any atom is 0.331 e. The molecule has 0 atom stereocenters. The minimum atomic E-state index is -1.01. The van der Waals surface area contributed by atoms with Crippen LogP contribution in [0.15, 0.2) is 121 Å². The molecule has 0 saturated carbocycles. The van der Waals surface area contributed by atoms with Crippen LogP contribution in [0.4, 0.5) is 0 Å². The predicted octanol–water partition coefficient (Wildman–Crippen LogP) is 8.24. The molecular formula is C40H33B2O2. The van der Waals surface area contributed by atoms with Crippen LogP contribution < -0.4 is 10.9 Å². The van der Waals surface area contributed by atoms with Crippen molar-refractivity contribution < 1.29 is 9.76 Å². The van der Waals surface area contributed by atoms with Crippen LogP contribution in [0.3, 0.4) is 0 Å². The van der Waals surface area contributed by atoms with Gasteiger partial charge >= 0.3 is 7.48 Å². The minimum absolute atomic E-state index is 0.763. The Balaban J connectivity index is 1.50. The zero-order chi connectivity index (χ0) is 30.6. The SMILES string of the molecule is [B]c1ccc(-c2c3ccccc3c(-c3ccc([B]OC(C)(C)C(C)(C)O)c4ccccc34)c3ccccc23)c2ccccc12. The number of hydrogen-bond donors (Lipinski definition) is 1. The molecule has 211 valence electrons. The molecule has 0 amide bonds. The van der Waals surface area contributed by atoms with Gasteiger partial charge in [0.1, 0.15) is 7.85 Å². The lowest BCUT2D eigenvalue weighted by atomic mass is 9.78. The second kappa shape index (κ2) is 10.7. The summed E-state index contributed by atoms with van der Waals surface area (Å²) in [5, 5.41) is 19.9. The molecule has 4 heteroatoms. The molecular weight excluding hydrogens is 534 g/mol. The fourth-order valence-electron chi connectivity index (χ4n) is 6.25. The van der Waals surface area contributed by atoms with Crippen LogP contribution in [0.5, 0.6) is 0 Å². The molecule has 7 rings (SSSR count). The van der Waals surface area contributed by atoms with E-state index in [1.165, 1.54) is 43.8 Å². The van der Waals surface area contributed by atoms with Gasteiger partial charge in [-0.05, 0) is 98.5 Å². The maximum atomic E-state index is 10.7. The largest absolute Gasteiger partial charge is 0.427 e. The molecule has 0 fully saturated rings. The zero-order valence-corrected chi connectivity index (χ0v) is 25.6. The van der Waals surface area contributed by atoms with Crippen molar-refractivity contribution in [3.05, 3.63) is 121 Å². The summed E-state index contributed by atoms with van der Waals surface area (Å²) in [5.74, 6) is 0. The molecule has 1 N–H and O–H groups in total. The van der Waals surface area contributed by atoms with Crippen LogP contribution in [0.1, 0.15) is 27.7 Å². The van der Waals surface area contributed by atoms with Crippen molar-refractivity contribution in [3.8, 4) is 22.3 Å². The topological polar surface area (TPSA) is 29.5 Å². The van der Waals surface area contributed by atoms with Crippen molar-refractivity contribution in [2.45, 2.75) is 38.9 Å². The molecule has 0 spiro atoms. The molecule has 3 radical (unpaired) electrons. The fourth-order valence-corrected chi connectivity index (χ4v) is 6.25. The molecule has 0 aromatic heterocycles. The van der Waals surface area contributed by atoms with Crippen LogP contribution in [-0.4, -0.2) is 31.6 Å². The number of rotatable bonds is 6. The van der Waals surface area contributed by atoms with Crippen molar-refractivity contribution in [2.75, 3.05) is 0 Å². The molecule has 0 aliphatic rings. The molecule has 0 heterocycles. The summed E-state index contributed by atoms with van der Waals surface area (Å²) in [5.41, 5.74) is 4.76. The summed E-state index contributed by atoms with van der Waals surface area (Å²) in [4.78, 5) is 0. The van der Waals surface area contributed by atoms with Crippen LogP contribution in [0, 0.1) is 0 Å². The first-order valence-corrected chi connectivity index (χ1v) is 15.1. The summed E-state index contributed by atoms with van der Waals surface area (Å²) in [6, 6.07) is 42.9. The molecule has 0 aliphatic heterocycles. The van der Waals surface area contributed by atoms with Gasteiger partial charge < -0.3 is 9.76 Å². The van der Waals surface area contributed by atoms with Crippen molar-refractivity contribution in [2.24, 2.45) is 0 Å². The zero-order valence-electron chi connectivity index (χ0n) is 25.6. The summed E-state index contributed by atoms with van der Waals surface area (Å²) < 4.78 is 6.20. The Morgan fingerprint density at radius 1 is 0.500 bits per heavy atom. The molecule has 0 bridgehead atoms. The Kier molecular flexibility index (Phi) is 6.88. The van der Waals surface area contributed by atoms with Gasteiger partial charge in [-0.3, -0.25) is 0 Å². The molecule has 44 heavy (non-hydrogen) atoms. The van der Waals surface area contributed by atoms with Crippen LogP contribution in [0.2, 0.25) is 0 Å². The number of benzene rings is 7. The van der Waals surface area contributed by atoms with Gasteiger partial charge in [0.25, 0.3) is 0 Å². The highest BCUT2D eigenvalue weighted by Crippen LogP contribution is 2.46. The lowest BCUT2D eigenvalue weighted by molar-refractivity contribution is -0.0893. The Hall–Kier alpha value is -4.37. The van der Waals surface area contributed by atoms with E-state index in [0.29, 0.717) is 0 Å². The smallest absolute Gasteiger partial charge is 0.331 e. The van der Waals surface area contributed by atoms with E-state index in [1.54, 1.807) is 21.3 Å². The maximum absolute atomic E-state index is 10.7. The molecule has 0 aliphatic carbocycles. The molecule has 0 saturated heterocycles. The van der Waals surface area contributed by atoms with Crippen LogP contribution in [0.25, 0.3) is 65.3 Å². The van der Waals surface area contributed by atoms with Crippen molar-refractivity contribution in [1.29, 1.82) is 0 Å². The Morgan fingerprint density at radius 2 is 0.886 bits per heavy atom. The average molecular weight is 567 g/mol. The molecule has 7 aromatic rings. The lowest BCUT2D eigenvalue weighted by Gasteiger charge is -2.37. The first kappa shape index (κ1) is 28.4. The third kappa shape index (κ3) is 4.61. The Labute approximate surface area is 261 Å². The monoisotopic (exact) mass is 567 g/mol. The normalized spacial score (nSPS) is 12.4. The lowest BCUT2D eigenvalue weighted by Crippen LogP contribution is -2.49. The number of hydrogen-bond acceptors (Lipinski definition) is 2. The van der Waals surface area contributed by atoms with Gasteiger partial charge in [0.2, 0.25) is 0 Å². The first-order chi connectivity index (χ1) is 21.2. The predicted molar refractivity (Wildman–Crippen MR) is 190 cm³/mol. The van der Waals surface area contributed by atoms with Gasteiger partial charge in [-0.1, -0.05) is 127 Å². The number of fused-ring (bicyclic) bond motifs is 4. The van der Waals surface area contributed by atoms with E-state index in [2.05, 4.69) is 109 Å². The van der Waals surface area contributed by atoms with Crippen molar-refractivity contribution >= 4 is 69.3 Å². The highest BCUT2D eigenvalue weighted by molar-refractivity contribution is 6.52. The second-order valence-corrected chi connectivity index (χ2v) is 12.6. The van der Waals surface area contributed by atoms with E-state index in [-0.39, 0.29) is 0 Å². The van der Waals surface area contributed by atoms with Gasteiger partial charge in [-0.2, -0.15) is 0 Å². The average Bonchev–Trinajstić information content (AvgIpc) is 3.03. The minimum Gasteiger partial charge on any atom is -0.427 e. The van der Waals surface area contributed by atoms with Crippen LogP contribution >= 0.6 is 0 Å². The summed E-state index contributed by atoms with van der Waals surface area (Å²) in [6.45, 7) is 7.36. The standard InChI is InChI=1S/C40H33B2O2/c1-39(2,43)40(3,4)44-42-36-24-22-34(26-14-6-8-16-28(26)36)38-31-19-11-9-17-29(31)37(30-18-10-12-20-32(30)38)33-21-23-35(41)27-15-7-5-13-25(27)33/h5-24,43H,1-4H3. The third-order valence-electron chi connectivity index (χ3n) is 9.34. The summed E-state index contributed by atoms with van der Waals surface area (Å²) >= 11 is 0. The van der Waals surface area contributed by atoms with Gasteiger partial charge in [0.05, 0.1) is 11.2 Å². The molecule has 7 aromatic carbocycles. The fraction of sp³-hybridized carbons (Fsp3) is 0.150. The van der Waals surface area contributed by atoms with E-state index in [1.807, 2.05) is 26.0 Å². The molecule has 2 nitrogen and oxygen atoms in total. The Morgan fingerprint density at radius 3 is 1.36 bits per heavy atom. The highest BCUT2D eigenvalue weighted by Gasteiger charge is 2.36. The van der Waals surface area contributed by atoms with E-state index in [0.717, 1.165) is 32.5 Å². The van der Waals surface area contributed by atoms with Gasteiger partial charge in [0, 0.05) is 0 Å². The quantitative estimate of drug-likeness (QED) is 0.162. The highest BCUT2D eigenvalue weighted by atomic mass is 16.5. The van der Waals surface area contributed by atoms with Crippen LogP contribution in [-0.2, 0) is 4.65 Å². The van der Waals surface area contributed by atoms with E-state index < -0.39 is 11.2 Å².